The van der Waals surface area contributed by atoms with E-state index in [2.05, 4.69) is 12.2 Å². The van der Waals surface area contributed by atoms with Crippen LogP contribution in [0.3, 0.4) is 0 Å². The number of anilines is 1. The summed E-state index contributed by atoms with van der Waals surface area (Å²) in [6.45, 7) is 5.40. The summed E-state index contributed by atoms with van der Waals surface area (Å²) in [5.41, 5.74) is 2.13. The predicted octanol–water partition coefficient (Wildman–Crippen LogP) is 4.23. The van der Waals surface area contributed by atoms with Crippen LogP contribution in [0, 0.1) is 5.92 Å². The monoisotopic (exact) mass is 415 g/mol. The van der Waals surface area contributed by atoms with Crippen molar-refractivity contribution in [2.75, 3.05) is 11.9 Å². The molecule has 1 N–H and O–H groups in total. The molecule has 7 heteroatoms. The highest BCUT2D eigenvalue weighted by Crippen LogP contribution is 2.32. The fourth-order valence-electron chi connectivity index (χ4n) is 3.18. The number of ether oxygens (including phenoxy) is 2. The summed E-state index contributed by atoms with van der Waals surface area (Å²) in [6.07, 6.45) is 2.92. The van der Waals surface area contributed by atoms with Crippen LogP contribution >= 0.6 is 11.3 Å². The van der Waals surface area contributed by atoms with Gasteiger partial charge in [-0.15, -0.1) is 11.3 Å². The Balaban J connectivity index is 1.50. The molecule has 6 nitrogen and oxygen atoms in total. The van der Waals surface area contributed by atoms with E-state index in [1.807, 2.05) is 6.07 Å². The maximum Gasteiger partial charge on any atom is 0.348 e. The largest absolute Gasteiger partial charge is 0.459 e. The van der Waals surface area contributed by atoms with Gasteiger partial charge in [0.25, 0.3) is 5.91 Å². The average molecular weight is 416 g/mol. The van der Waals surface area contributed by atoms with Crippen molar-refractivity contribution >= 4 is 34.9 Å². The number of hydrogen-bond acceptors (Lipinski definition) is 6. The SMILES string of the molecule is CC(C)OC(=O)c1ccc(NC(=O)COC(=O)c2cc3c(s2)CC[C@@H](C)C3)cc1. The highest BCUT2D eigenvalue weighted by Gasteiger charge is 2.21. The van der Waals surface area contributed by atoms with Gasteiger partial charge in [0.2, 0.25) is 0 Å². The van der Waals surface area contributed by atoms with E-state index in [0.717, 1.165) is 19.3 Å². The van der Waals surface area contributed by atoms with E-state index in [1.54, 1.807) is 38.1 Å². The number of carbonyl (C=O) groups excluding carboxylic acids is 3. The maximum atomic E-state index is 12.3. The van der Waals surface area contributed by atoms with Gasteiger partial charge < -0.3 is 14.8 Å². The lowest BCUT2D eigenvalue weighted by molar-refractivity contribution is -0.119. The smallest absolute Gasteiger partial charge is 0.348 e. The maximum absolute atomic E-state index is 12.3. The van der Waals surface area contributed by atoms with Gasteiger partial charge in [0.15, 0.2) is 6.61 Å². The summed E-state index contributed by atoms with van der Waals surface area (Å²) >= 11 is 1.46. The van der Waals surface area contributed by atoms with Crippen LogP contribution in [-0.4, -0.2) is 30.6 Å². The van der Waals surface area contributed by atoms with E-state index in [0.29, 0.717) is 22.0 Å². The van der Waals surface area contributed by atoms with Crippen molar-refractivity contribution < 1.29 is 23.9 Å². The first-order chi connectivity index (χ1) is 13.8. The molecular formula is C22H25NO5S. The van der Waals surface area contributed by atoms with Crippen molar-refractivity contribution in [2.24, 2.45) is 5.92 Å². The molecule has 0 aliphatic heterocycles. The van der Waals surface area contributed by atoms with E-state index in [-0.39, 0.29) is 12.7 Å². The highest BCUT2D eigenvalue weighted by atomic mass is 32.1. The fraction of sp³-hybridized carbons (Fsp3) is 0.409. The zero-order chi connectivity index (χ0) is 21.0. The van der Waals surface area contributed by atoms with Crippen LogP contribution in [0.4, 0.5) is 5.69 Å². The quantitative estimate of drug-likeness (QED) is 0.714. The van der Waals surface area contributed by atoms with Crippen molar-refractivity contribution in [2.45, 2.75) is 46.1 Å². The number of amides is 1. The second-order valence-electron chi connectivity index (χ2n) is 7.56. The molecule has 1 aromatic heterocycles. The number of nitrogens with one attached hydrogen (secondary N) is 1. The molecule has 154 valence electrons. The number of aryl methyl sites for hydroxylation is 1. The molecular weight excluding hydrogens is 390 g/mol. The van der Waals surface area contributed by atoms with Crippen molar-refractivity contribution in [3.8, 4) is 0 Å². The Hall–Kier alpha value is -2.67. The molecule has 0 fully saturated rings. The van der Waals surface area contributed by atoms with Crippen LogP contribution in [0.25, 0.3) is 0 Å². The third-order valence-electron chi connectivity index (χ3n) is 4.61. The van der Waals surface area contributed by atoms with Crippen molar-refractivity contribution in [1.82, 2.24) is 0 Å². The lowest BCUT2D eigenvalue weighted by Crippen LogP contribution is -2.20. The number of fused-ring (bicyclic) bond motifs is 1. The van der Waals surface area contributed by atoms with E-state index in [9.17, 15) is 14.4 Å². The second kappa shape index (κ2) is 9.22. The molecule has 29 heavy (non-hydrogen) atoms. The van der Waals surface area contributed by atoms with Gasteiger partial charge >= 0.3 is 11.9 Å². The van der Waals surface area contributed by atoms with E-state index >= 15 is 0 Å². The van der Waals surface area contributed by atoms with E-state index < -0.39 is 17.8 Å². The van der Waals surface area contributed by atoms with Crippen molar-refractivity contribution in [1.29, 1.82) is 0 Å². The molecule has 0 saturated heterocycles. The molecule has 0 saturated carbocycles. The van der Waals surface area contributed by atoms with Gasteiger partial charge in [-0.25, -0.2) is 9.59 Å². The zero-order valence-electron chi connectivity index (χ0n) is 16.8. The summed E-state index contributed by atoms with van der Waals surface area (Å²) < 4.78 is 10.3. The Labute approximate surface area is 174 Å². The van der Waals surface area contributed by atoms with E-state index in [4.69, 9.17) is 9.47 Å². The third kappa shape index (κ3) is 5.67. The van der Waals surface area contributed by atoms with Gasteiger partial charge in [0.05, 0.1) is 11.7 Å². The summed E-state index contributed by atoms with van der Waals surface area (Å²) in [7, 11) is 0. The van der Waals surface area contributed by atoms with Gasteiger partial charge in [0.1, 0.15) is 4.88 Å². The topological polar surface area (TPSA) is 81.7 Å². The molecule has 3 rings (SSSR count). The van der Waals surface area contributed by atoms with E-state index in [1.165, 1.54) is 21.8 Å². The zero-order valence-corrected chi connectivity index (χ0v) is 17.6. The second-order valence-corrected chi connectivity index (χ2v) is 8.70. The normalized spacial score (nSPS) is 15.5. The lowest BCUT2D eigenvalue weighted by Gasteiger charge is -2.16. The van der Waals surface area contributed by atoms with Crippen LogP contribution in [0.1, 0.15) is 57.7 Å². The molecule has 1 aliphatic carbocycles. The number of hydrogen-bond donors (Lipinski definition) is 1. The Bertz CT molecular complexity index is 900. The Morgan fingerprint density at radius 1 is 1.17 bits per heavy atom. The van der Waals surface area contributed by atoms with Gasteiger partial charge in [0, 0.05) is 10.6 Å². The molecule has 1 heterocycles. The minimum absolute atomic E-state index is 0.200. The fourth-order valence-corrected chi connectivity index (χ4v) is 4.28. The van der Waals surface area contributed by atoms with Crippen LogP contribution in [0.15, 0.2) is 30.3 Å². The molecule has 2 aromatic rings. The molecule has 1 aromatic carbocycles. The number of carbonyl (C=O) groups is 3. The molecule has 1 amide bonds. The van der Waals surface area contributed by atoms with Crippen LogP contribution in [-0.2, 0) is 27.1 Å². The summed E-state index contributed by atoms with van der Waals surface area (Å²) in [5.74, 6) is -0.699. The minimum Gasteiger partial charge on any atom is -0.459 e. The van der Waals surface area contributed by atoms with Gasteiger partial charge in [-0.1, -0.05) is 6.92 Å². The van der Waals surface area contributed by atoms with Crippen molar-refractivity contribution in [3.63, 3.8) is 0 Å². The van der Waals surface area contributed by atoms with Gasteiger partial charge in [-0.3, -0.25) is 4.79 Å². The standard InChI is InChI=1S/C22H25NO5S/c1-13(2)28-21(25)15-5-7-17(8-6-15)23-20(24)12-27-22(26)19-11-16-10-14(3)4-9-18(16)29-19/h5-8,11,13-14H,4,9-10,12H2,1-3H3,(H,23,24)/t14-/m1/s1. The molecule has 0 bridgehead atoms. The number of thiophene rings is 1. The number of benzene rings is 1. The van der Waals surface area contributed by atoms with Gasteiger partial charge in [-0.05, 0) is 74.9 Å². The van der Waals surface area contributed by atoms with Gasteiger partial charge in [-0.2, -0.15) is 0 Å². The Kier molecular flexibility index (Phi) is 6.69. The Morgan fingerprint density at radius 2 is 1.90 bits per heavy atom. The highest BCUT2D eigenvalue weighted by molar-refractivity contribution is 7.14. The average Bonchev–Trinajstić information content (AvgIpc) is 3.09. The molecule has 0 spiro atoms. The first-order valence-corrected chi connectivity index (χ1v) is 10.5. The summed E-state index contributed by atoms with van der Waals surface area (Å²) in [6, 6.07) is 8.24. The number of esters is 2. The predicted molar refractivity (Wildman–Crippen MR) is 111 cm³/mol. The molecule has 1 atom stereocenters. The molecule has 1 aliphatic rings. The van der Waals surface area contributed by atoms with Crippen LogP contribution < -0.4 is 5.32 Å². The number of rotatable bonds is 6. The summed E-state index contributed by atoms with van der Waals surface area (Å²) in [4.78, 5) is 38.0. The van der Waals surface area contributed by atoms with Crippen LogP contribution in [0.5, 0.6) is 0 Å². The van der Waals surface area contributed by atoms with Crippen molar-refractivity contribution in [3.05, 3.63) is 51.2 Å². The lowest BCUT2D eigenvalue weighted by atomic mass is 9.90. The third-order valence-corrected chi connectivity index (χ3v) is 5.83. The molecule has 0 unspecified atom stereocenters. The molecule has 0 radical (unpaired) electrons. The first-order valence-electron chi connectivity index (χ1n) is 9.71. The Morgan fingerprint density at radius 3 is 2.59 bits per heavy atom. The summed E-state index contributed by atoms with van der Waals surface area (Å²) in [5, 5.41) is 2.65. The minimum atomic E-state index is -0.473. The van der Waals surface area contributed by atoms with Crippen LogP contribution in [0.2, 0.25) is 0 Å². The first kappa shape index (κ1) is 21.0.